The number of fused-ring (bicyclic) bond motifs is 1. The molecule has 0 bridgehead atoms. The average Bonchev–Trinajstić information content (AvgIpc) is 2.95. The molecule has 3 rings (SSSR count). The molecule has 1 aliphatic heterocycles. The summed E-state index contributed by atoms with van der Waals surface area (Å²) in [5.74, 6) is 1.37. The van der Waals surface area contributed by atoms with Gasteiger partial charge in [-0.3, -0.25) is 0 Å². The first kappa shape index (κ1) is 10.7. The van der Waals surface area contributed by atoms with Gasteiger partial charge < -0.3 is 5.32 Å². The molecule has 0 amide bonds. The maximum atomic E-state index is 3.75. The zero-order valence-electron chi connectivity index (χ0n) is 9.61. The van der Waals surface area contributed by atoms with E-state index in [-0.39, 0.29) is 0 Å². The minimum Gasteiger partial charge on any atom is -0.312 e. The Labute approximate surface area is 102 Å². The standard InChI is InChI=1S/C14H19NS/c1-2-5-12-9-13(8-11(12)4-1)15-10-14-6-3-7-16-14/h1-2,4-5,13-15H,3,6-10H2. The second kappa shape index (κ2) is 4.80. The van der Waals surface area contributed by atoms with Crippen LogP contribution < -0.4 is 5.32 Å². The van der Waals surface area contributed by atoms with Crippen LogP contribution in [0.15, 0.2) is 24.3 Å². The van der Waals surface area contributed by atoms with E-state index < -0.39 is 0 Å². The molecule has 0 aromatic heterocycles. The molecule has 1 nitrogen and oxygen atoms in total. The molecule has 1 aromatic carbocycles. The van der Waals surface area contributed by atoms with Gasteiger partial charge in [-0.15, -0.1) is 0 Å². The highest BCUT2D eigenvalue weighted by molar-refractivity contribution is 8.00. The van der Waals surface area contributed by atoms with E-state index in [0.717, 1.165) is 5.25 Å². The summed E-state index contributed by atoms with van der Waals surface area (Å²) in [6.45, 7) is 1.21. The van der Waals surface area contributed by atoms with Crippen molar-refractivity contribution >= 4 is 11.8 Å². The number of thioether (sulfide) groups is 1. The minimum atomic E-state index is 0.693. The van der Waals surface area contributed by atoms with Crippen LogP contribution in [0.5, 0.6) is 0 Å². The van der Waals surface area contributed by atoms with Crippen molar-refractivity contribution in [3.8, 4) is 0 Å². The van der Waals surface area contributed by atoms with Crippen molar-refractivity contribution in [3.05, 3.63) is 35.4 Å². The van der Waals surface area contributed by atoms with Crippen molar-refractivity contribution in [2.45, 2.75) is 37.0 Å². The van der Waals surface area contributed by atoms with Crippen LogP contribution in [0.3, 0.4) is 0 Å². The summed E-state index contributed by atoms with van der Waals surface area (Å²) in [6.07, 6.45) is 5.29. The van der Waals surface area contributed by atoms with Crippen molar-refractivity contribution in [2.75, 3.05) is 12.3 Å². The molecule has 1 saturated heterocycles. The van der Waals surface area contributed by atoms with Crippen molar-refractivity contribution in [1.29, 1.82) is 0 Å². The second-order valence-corrected chi connectivity index (χ2v) is 6.33. The van der Waals surface area contributed by atoms with E-state index in [2.05, 4.69) is 41.3 Å². The quantitative estimate of drug-likeness (QED) is 0.861. The third kappa shape index (κ3) is 2.28. The monoisotopic (exact) mass is 233 g/mol. The van der Waals surface area contributed by atoms with Crippen molar-refractivity contribution in [1.82, 2.24) is 5.32 Å². The average molecular weight is 233 g/mol. The summed E-state index contributed by atoms with van der Waals surface area (Å²) in [5, 5.41) is 4.63. The highest BCUT2D eigenvalue weighted by Gasteiger charge is 2.22. The molecule has 1 atom stereocenters. The molecule has 1 aromatic rings. The highest BCUT2D eigenvalue weighted by atomic mass is 32.2. The zero-order chi connectivity index (χ0) is 10.8. The smallest absolute Gasteiger partial charge is 0.0172 e. The Morgan fingerprint density at radius 1 is 1.19 bits per heavy atom. The number of hydrogen-bond acceptors (Lipinski definition) is 2. The lowest BCUT2D eigenvalue weighted by Crippen LogP contribution is -2.34. The molecule has 1 N–H and O–H groups in total. The van der Waals surface area contributed by atoms with Crippen LogP contribution in [0.25, 0.3) is 0 Å². The van der Waals surface area contributed by atoms with Gasteiger partial charge in [0.25, 0.3) is 0 Å². The SMILES string of the molecule is c1ccc2c(c1)CC(NCC1CCCS1)C2. The molecule has 1 aliphatic carbocycles. The van der Waals surface area contributed by atoms with Gasteiger partial charge in [-0.2, -0.15) is 11.8 Å². The molecule has 1 heterocycles. The van der Waals surface area contributed by atoms with Crippen LogP contribution in [0.2, 0.25) is 0 Å². The Bertz CT molecular complexity index is 333. The molecule has 1 fully saturated rings. The number of rotatable bonds is 3. The Morgan fingerprint density at radius 3 is 2.56 bits per heavy atom. The summed E-state index contributed by atoms with van der Waals surface area (Å²) < 4.78 is 0. The van der Waals surface area contributed by atoms with Gasteiger partial charge in [-0.25, -0.2) is 0 Å². The summed E-state index contributed by atoms with van der Waals surface area (Å²) >= 11 is 2.15. The highest BCUT2D eigenvalue weighted by Crippen LogP contribution is 2.26. The molecule has 0 radical (unpaired) electrons. The first-order valence-corrected chi connectivity index (χ1v) is 7.38. The van der Waals surface area contributed by atoms with Gasteiger partial charge in [0.05, 0.1) is 0 Å². The Balaban J connectivity index is 1.52. The molecule has 2 heteroatoms. The number of benzene rings is 1. The van der Waals surface area contributed by atoms with Crippen LogP contribution in [-0.4, -0.2) is 23.6 Å². The van der Waals surface area contributed by atoms with Gasteiger partial charge >= 0.3 is 0 Å². The molecule has 2 aliphatic rings. The third-order valence-corrected chi connectivity index (χ3v) is 5.11. The van der Waals surface area contributed by atoms with Crippen molar-refractivity contribution in [3.63, 3.8) is 0 Å². The predicted octanol–water partition coefficient (Wildman–Crippen LogP) is 2.64. The van der Waals surface area contributed by atoms with E-state index in [1.165, 1.54) is 38.0 Å². The number of hydrogen-bond donors (Lipinski definition) is 1. The molecule has 16 heavy (non-hydrogen) atoms. The van der Waals surface area contributed by atoms with E-state index >= 15 is 0 Å². The minimum absolute atomic E-state index is 0.693. The second-order valence-electron chi connectivity index (χ2n) is 4.92. The summed E-state index contributed by atoms with van der Waals surface area (Å²) in [6, 6.07) is 9.57. The molecule has 0 spiro atoms. The van der Waals surface area contributed by atoms with Gasteiger partial charge in [-0.1, -0.05) is 24.3 Å². The van der Waals surface area contributed by atoms with Gasteiger partial charge in [-0.05, 0) is 42.6 Å². The van der Waals surface area contributed by atoms with Crippen LogP contribution >= 0.6 is 11.8 Å². The third-order valence-electron chi connectivity index (χ3n) is 3.71. The fraction of sp³-hybridized carbons (Fsp3) is 0.571. The zero-order valence-corrected chi connectivity index (χ0v) is 10.4. The molecule has 1 unspecified atom stereocenters. The van der Waals surface area contributed by atoms with E-state index in [1.54, 1.807) is 11.1 Å². The van der Waals surface area contributed by atoms with Gasteiger partial charge in [0.1, 0.15) is 0 Å². The lowest BCUT2D eigenvalue weighted by atomic mass is 10.1. The fourth-order valence-electron chi connectivity index (χ4n) is 2.81. The molecular weight excluding hydrogens is 214 g/mol. The van der Waals surface area contributed by atoms with Crippen LogP contribution in [0.1, 0.15) is 24.0 Å². The molecular formula is C14H19NS. The van der Waals surface area contributed by atoms with Crippen molar-refractivity contribution in [2.24, 2.45) is 0 Å². The Hall–Kier alpha value is -0.470. The van der Waals surface area contributed by atoms with E-state index in [1.807, 2.05) is 0 Å². The predicted molar refractivity (Wildman–Crippen MR) is 71.1 cm³/mol. The van der Waals surface area contributed by atoms with E-state index in [0.29, 0.717) is 6.04 Å². The normalized spacial score (nSPS) is 24.9. The Kier molecular flexibility index (Phi) is 3.20. The largest absolute Gasteiger partial charge is 0.312 e. The fourth-order valence-corrected chi connectivity index (χ4v) is 4.02. The maximum absolute atomic E-state index is 3.75. The topological polar surface area (TPSA) is 12.0 Å². The van der Waals surface area contributed by atoms with Gasteiger partial charge in [0, 0.05) is 17.8 Å². The maximum Gasteiger partial charge on any atom is 0.0172 e. The lowest BCUT2D eigenvalue weighted by Gasteiger charge is -2.15. The van der Waals surface area contributed by atoms with Crippen LogP contribution in [0, 0.1) is 0 Å². The summed E-state index contributed by atoms with van der Waals surface area (Å²) in [7, 11) is 0. The van der Waals surface area contributed by atoms with Crippen LogP contribution in [-0.2, 0) is 12.8 Å². The van der Waals surface area contributed by atoms with E-state index in [4.69, 9.17) is 0 Å². The van der Waals surface area contributed by atoms with Gasteiger partial charge in [0.2, 0.25) is 0 Å². The summed E-state index contributed by atoms with van der Waals surface area (Å²) in [4.78, 5) is 0. The molecule has 0 saturated carbocycles. The van der Waals surface area contributed by atoms with E-state index in [9.17, 15) is 0 Å². The van der Waals surface area contributed by atoms with Crippen molar-refractivity contribution < 1.29 is 0 Å². The van der Waals surface area contributed by atoms with Crippen LogP contribution in [0.4, 0.5) is 0 Å². The number of nitrogens with one attached hydrogen (secondary N) is 1. The molecule has 86 valence electrons. The summed E-state index contributed by atoms with van der Waals surface area (Å²) in [5.41, 5.74) is 3.11. The van der Waals surface area contributed by atoms with Gasteiger partial charge in [0.15, 0.2) is 0 Å². The lowest BCUT2D eigenvalue weighted by molar-refractivity contribution is 0.524. The first-order valence-electron chi connectivity index (χ1n) is 6.33. The first-order chi connectivity index (χ1) is 7.92. The Morgan fingerprint density at radius 2 is 1.94 bits per heavy atom.